The number of nitrogens with one attached hydrogen (secondary N) is 4. The average Bonchev–Trinajstić information content (AvgIpc) is 3.48. The van der Waals surface area contributed by atoms with Crippen molar-refractivity contribution < 1.29 is 14.0 Å². The van der Waals surface area contributed by atoms with Crippen LogP contribution in [0.25, 0.3) is 0 Å². The number of fused-ring (bicyclic) bond motifs is 1. The summed E-state index contributed by atoms with van der Waals surface area (Å²) in [5, 5.41) is 15.6. The number of carbonyl (C=O) groups excluding carboxylic acids is 2. The van der Waals surface area contributed by atoms with E-state index in [1.54, 1.807) is 22.9 Å². The first kappa shape index (κ1) is 18.4. The molecule has 2 saturated heterocycles. The van der Waals surface area contributed by atoms with Crippen LogP contribution in [-0.4, -0.2) is 34.3 Å². The number of hydrogen-bond donors (Lipinski definition) is 4. The van der Waals surface area contributed by atoms with Gasteiger partial charge in [-0.2, -0.15) is 5.10 Å². The number of hydrazine groups is 1. The fourth-order valence-electron chi connectivity index (χ4n) is 3.82. The van der Waals surface area contributed by atoms with Crippen LogP contribution in [0.5, 0.6) is 0 Å². The number of aryl methyl sites for hydroxylation is 1. The van der Waals surface area contributed by atoms with Crippen LogP contribution >= 0.6 is 0 Å². The molecule has 3 atom stereocenters. The highest BCUT2D eigenvalue weighted by molar-refractivity contribution is 6.01. The van der Waals surface area contributed by atoms with Crippen LogP contribution in [0, 0.1) is 12.8 Å². The van der Waals surface area contributed by atoms with Crippen molar-refractivity contribution in [1.29, 1.82) is 0 Å². The number of aromatic nitrogens is 2. The van der Waals surface area contributed by atoms with Crippen molar-refractivity contribution in [2.75, 3.05) is 16.9 Å². The van der Waals surface area contributed by atoms with E-state index in [2.05, 4.69) is 26.5 Å². The standard InChI is InChI=1S/C20H21N7O3/c1-12-10-16(22-19(29)15-8-5-9-30-15)27(25-12)20-23-17-14(18(28)24-20)11-21-26(17)13-6-3-2-4-7-13/h2-10,14,17,20-21,23H,11H2,1H3,(H,22,29)(H,24,28). The maximum Gasteiger partial charge on any atom is 0.292 e. The maximum atomic E-state index is 12.8. The molecule has 0 aliphatic carbocycles. The highest BCUT2D eigenvalue weighted by atomic mass is 16.3. The molecule has 0 bridgehead atoms. The molecule has 1 aromatic carbocycles. The zero-order valence-corrected chi connectivity index (χ0v) is 16.2. The quantitative estimate of drug-likeness (QED) is 0.513. The Morgan fingerprint density at radius 3 is 2.83 bits per heavy atom. The molecule has 3 aromatic rings. The molecule has 2 aliphatic rings. The van der Waals surface area contributed by atoms with E-state index in [-0.39, 0.29) is 23.8 Å². The van der Waals surface area contributed by atoms with Crippen molar-refractivity contribution >= 4 is 23.3 Å². The summed E-state index contributed by atoms with van der Waals surface area (Å²) in [6.45, 7) is 2.34. The second-order valence-corrected chi connectivity index (χ2v) is 7.24. The molecular weight excluding hydrogens is 386 g/mol. The lowest BCUT2D eigenvalue weighted by molar-refractivity contribution is -0.129. The van der Waals surface area contributed by atoms with Gasteiger partial charge in [-0.1, -0.05) is 18.2 Å². The monoisotopic (exact) mass is 407 g/mol. The lowest BCUT2D eigenvalue weighted by atomic mass is 10.0. The van der Waals surface area contributed by atoms with E-state index in [4.69, 9.17) is 4.42 Å². The number of hydrogen-bond acceptors (Lipinski definition) is 7. The summed E-state index contributed by atoms with van der Waals surface area (Å²) >= 11 is 0. The molecule has 5 rings (SSSR count). The van der Waals surface area contributed by atoms with Crippen LogP contribution in [0.3, 0.4) is 0 Å². The first-order valence-corrected chi connectivity index (χ1v) is 9.65. The third kappa shape index (κ3) is 3.21. The van der Waals surface area contributed by atoms with Crippen LogP contribution in [0.2, 0.25) is 0 Å². The van der Waals surface area contributed by atoms with E-state index in [1.807, 2.05) is 42.3 Å². The van der Waals surface area contributed by atoms with Crippen molar-refractivity contribution in [3.8, 4) is 0 Å². The minimum atomic E-state index is -0.634. The predicted octanol–water partition coefficient (Wildman–Crippen LogP) is 1.18. The van der Waals surface area contributed by atoms with Crippen molar-refractivity contribution in [3.63, 3.8) is 0 Å². The number of anilines is 2. The topological polar surface area (TPSA) is 116 Å². The molecule has 2 aliphatic heterocycles. The normalized spacial score (nSPS) is 23.2. The van der Waals surface area contributed by atoms with Crippen LogP contribution in [-0.2, 0) is 4.79 Å². The summed E-state index contributed by atoms with van der Waals surface area (Å²) in [6, 6.07) is 14.8. The second-order valence-electron chi connectivity index (χ2n) is 7.24. The number of carbonyl (C=O) groups is 2. The molecule has 30 heavy (non-hydrogen) atoms. The third-order valence-corrected chi connectivity index (χ3v) is 5.21. The fourth-order valence-corrected chi connectivity index (χ4v) is 3.82. The molecule has 0 saturated carbocycles. The van der Waals surface area contributed by atoms with Crippen LogP contribution in [0.1, 0.15) is 22.5 Å². The summed E-state index contributed by atoms with van der Waals surface area (Å²) < 4.78 is 6.72. The van der Waals surface area contributed by atoms with Crippen LogP contribution in [0.4, 0.5) is 11.5 Å². The Labute approximate surface area is 172 Å². The Kier molecular flexibility index (Phi) is 4.49. The predicted molar refractivity (Wildman–Crippen MR) is 108 cm³/mol. The molecule has 2 fully saturated rings. The van der Waals surface area contributed by atoms with Gasteiger partial charge in [0, 0.05) is 12.6 Å². The summed E-state index contributed by atoms with van der Waals surface area (Å²) in [7, 11) is 0. The molecule has 154 valence electrons. The first-order chi connectivity index (χ1) is 14.6. The Morgan fingerprint density at radius 2 is 2.07 bits per heavy atom. The molecule has 4 heterocycles. The number of nitrogens with zero attached hydrogens (tertiary/aromatic N) is 3. The summed E-state index contributed by atoms with van der Waals surface area (Å²) in [4.78, 5) is 25.2. The van der Waals surface area contributed by atoms with Crippen LogP contribution in [0.15, 0.2) is 59.2 Å². The smallest absolute Gasteiger partial charge is 0.292 e. The maximum absolute atomic E-state index is 12.8. The van der Waals surface area contributed by atoms with Gasteiger partial charge in [-0.25, -0.2) is 10.1 Å². The van der Waals surface area contributed by atoms with E-state index < -0.39 is 12.2 Å². The van der Waals surface area contributed by atoms with Gasteiger partial charge in [0.05, 0.1) is 23.6 Å². The van der Waals surface area contributed by atoms with E-state index in [1.165, 1.54) is 6.26 Å². The Hall–Kier alpha value is -3.63. The summed E-state index contributed by atoms with van der Waals surface area (Å²) in [5.41, 5.74) is 4.94. The van der Waals surface area contributed by atoms with Gasteiger partial charge in [0.15, 0.2) is 12.0 Å². The SMILES string of the molecule is Cc1cc(NC(=O)c2ccco2)n(C2NC(=O)C3CNN(c4ccccc4)C3N2)n1. The van der Waals surface area contributed by atoms with E-state index in [9.17, 15) is 9.59 Å². The summed E-state index contributed by atoms with van der Waals surface area (Å²) in [6.07, 6.45) is 0.529. The van der Waals surface area contributed by atoms with Crippen molar-refractivity contribution in [2.45, 2.75) is 19.4 Å². The van der Waals surface area contributed by atoms with Gasteiger partial charge in [-0.15, -0.1) is 0 Å². The second kappa shape index (κ2) is 7.32. The average molecular weight is 407 g/mol. The zero-order valence-electron chi connectivity index (χ0n) is 16.2. The number of furan rings is 1. The van der Waals surface area contributed by atoms with Crippen LogP contribution < -0.4 is 26.4 Å². The zero-order chi connectivity index (χ0) is 20.7. The first-order valence-electron chi connectivity index (χ1n) is 9.65. The van der Waals surface area contributed by atoms with Gasteiger partial charge in [0.1, 0.15) is 12.0 Å². The van der Waals surface area contributed by atoms with Gasteiger partial charge in [-0.3, -0.25) is 19.9 Å². The molecular formula is C20H21N7O3. The van der Waals surface area contributed by atoms with Gasteiger partial charge in [0.25, 0.3) is 5.91 Å². The van der Waals surface area contributed by atoms with Gasteiger partial charge >= 0.3 is 0 Å². The highest BCUT2D eigenvalue weighted by Gasteiger charge is 2.45. The molecule has 2 aromatic heterocycles. The number of para-hydroxylation sites is 1. The van der Waals surface area contributed by atoms with Gasteiger partial charge in [0.2, 0.25) is 5.91 Å². The molecule has 4 N–H and O–H groups in total. The molecule has 10 heteroatoms. The van der Waals surface area contributed by atoms with Gasteiger partial charge in [-0.05, 0) is 31.2 Å². The molecule has 10 nitrogen and oxygen atoms in total. The Morgan fingerprint density at radius 1 is 1.23 bits per heavy atom. The third-order valence-electron chi connectivity index (χ3n) is 5.21. The largest absolute Gasteiger partial charge is 0.459 e. The molecule has 0 radical (unpaired) electrons. The molecule has 0 spiro atoms. The van der Waals surface area contributed by atoms with Crippen molar-refractivity contribution in [1.82, 2.24) is 25.8 Å². The lowest BCUT2D eigenvalue weighted by Gasteiger charge is -2.37. The number of rotatable bonds is 4. The molecule has 2 amide bonds. The van der Waals surface area contributed by atoms with E-state index in [0.29, 0.717) is 18.1 Å². The highest BCUT2D eigenvalue weighted by Crippen LogP contribution is 2.27. The van der Waals surface area contributed by atoms with Crippen molar-refractivity contribution in [2.24, 2.45) is 5.92 Å². The van der Waals surface area contributed by atoms with Gasteiger partial charge < -0.3 is 15.1 Å². The minimum absolute atomic E-state index is 0.0915. The Bertz CT molecular complexity index is 1060. The Balaban J connectivity index is 1.41. The fraction of sp³-hybridized carbons (Fsp3) is 0.250. The number of benzene rings is 1. The van der Waals surface area contributed by atoms with E-state index >= 15 is 0 Å². The lowest BCUT2D eigenvalue weighted by Crippen LogP contribution is -2.61. The van der Waals surface area contributed by atoms with Crippen molar-refractivity contribution in [3.05, 3.63) is 66.2 Å². The molecule has 3 unspecified atom stereocenters. The summed E-state index contributed by atoms with van der Waals surface area (Å²) in [5.74, 6) is -0.112. The minimum Gasteiger partial charge on any atom is -0.459 e. The number of amides is 2. The van der Waals surface area contributed by atoms with E-state index in [0.717, 1.165) is 5.69 Å².